The largest absolute Gasteiger partial charge is 0.468 e. The lowest BCUT2D eigenvalue weighted by Crippen LogP contribution is -2.17. The molecule has 0 aromatic rings. The molecule has 0 unspecified atom stereocenters. The van der Waals surface area contributed by atoms with Gasteiger partial charge in [0.05, 0.1) is 0 Å². The van der Waals surface area contributed by atoms with E-state index in [4.69, 9.17) is 4.12 Å². The highest BCUT2D eigenvalue weighted by atomic mass is 29.2. The third-order valence-corrected chi connectivity index (χ3v) is 12.4. The van der Waals surface area contributed by atoms with E-state index in [0.29, 0.717) is 0 Å². The minimum Gasteiger partial charge on any atom is -0.468 e. The van der Waals surface area contributed by atoms with Gasteiger partial charge >= 0.3 is 0 Å². The van der Waals surface area contributed by atoms with E-state index in [-0.39, 0.29) is 17.2 Å². The third-order valence-electron chi connectivity index (χ3n) is 1.95. The normalized spacial score (nSPS) is 21.0. The summed E-state index contributed by atoms with van der Waals surface area (Å²) in [6.07, 6.45) is 2.89. The van der Waals surface area contributed by atoms with Crippen LogP contribution < -0.4 is 0 Å². The Bertz CT molecular complexity index is 132. The van der Waals surface area contributed by atoms with Crippen LogP contribution in [-0.2, 0) is 4.12 Å². The molecule has 1 rings (SSSR count). The van der Waals surface area contributed by atoms with Gasteiger partial charge in [-0.3, -0.25) is 0 Å². The summed E-state index contributed by atoms with van der Waals surface area (Å²) in [4.78, 5) is 0. The van der Waals surface area contributed by atoms with Crippen molar-refractivity contribution in [3.63, 3.8) is 0 Å². The van der Waals surface area contributed by atoms with Crippen molar-refractivity contribution in [1.29, 1.82) is 0 Å². The minimum atomic E-state index is -0.0228. The van der Waals surface area contributed by atoms with Gasteiger partial charge < -0.3 is 4.12 Å². The first kappa shape index (κ1) is 7.59. The lowest BCUT2D eigenvalue weighted by molar-refractivity contribution is 0.681. The van der Waals surface area contributed by atoms with Crippen molar-refractivity contribution >= 4 is 32.9 Å². The van der Waals surface area contributed by atoms with E-state index in [1.807, 2.05) is 5.17 Å². The molecular weight excluding hydrogens is 160 g/mol. The molecule has 0 aromatic carbocycles. The molecule has 9 heavy (non-hydrogen) atoms. The topological polar surface area (TPSA) is 9.23 Å². The van der Waals surface area contributed by atoms with Gasteiger partial charge in [0.1, 0.15) is 10.5 Å². The summed E-state index contributed by atoms with van der Waals surface area (Å²) in [6, 6.07) is 1.53. The Morgan fingerprint density at radius 1 is 1.78 bits per heavy atom. The molecule has 1 heterocycles. The van der Waals surface area contributed by atoms with Crippen molar-refractivity contribution < 1.29 is 4.12 Å². The molecule has 0 aromatic heterocycles. The zero-order chi connectivity index (χ0) is 6.69. The molecule has 0 aliphatic carbocycles. The van der Waals surface area contributed by atoms with Crippen LogP contribution in [-0.4, -0.2) is 32.9 Å². The van der Waals surface area contributed by atoms with Gasteiger partial charge in [0.25, 0.3) is 0 Å². The number of hydrogen-bond donors (Lipinski definition) is 0. The summed E-state index contributed by atoms with van der Waals surface area (Å²) in [7, 11) is 0.993. The summed E-state index contributed by atoms with van der Waals surface area (Å²) < 4.78 is 5.40. The molecule has 1 aliphatic heterocycles. The summed E-state index contributed by atoms with van der Waals surface area (Å²) in [5, 5.41) is 1.82. The van der Waals surface area contributed by atoms with Crippen molar-refractivity contribution in [2.24, 2.45) is 0 Å². The molecule has 0 saturated carbocycles. The lowest BCUT2D eigenvalue weighted by atomic mass is 10.3. The second kappa shape index (κ2) is 3.60. The maximum atomic E-state index is 5.40. The average Bonchev–Trinajstić information content (AvgIpc) is 2.18. The van der Waals surface area contributed by atoms with Crippen molar-refractivity contribution in [3.05, 3.63) is 0 Å². The highest BCUT2D eigenvalue weighted by Gasteiger charge is 2.10. The highest BCUT2D eigenvalue weighted by molar-refractivity contribution is 7.14. The second-order valence-electron chi connectivity index (χ2n) is 2.67. The van der Waals surface area contributed by atoms with Crippen molar-refractivity contribution in [2.45, 2.75) is 25.8 Å². The fourth-order valence-corrected chi connectivity index (χ4v) is 10.3. The fourth-order valence-electron chi connectivity index (χ4n) is 1.33. The van der Waals surface area contributed by atoms with Crippen LogP contribution in [0.1, 0.15) is 19.8 Å². The van der Waals surface area contributed by atoms with E-state index >= 15 is 0 Å². The molecule has 1 aliphatic rings. The maximum absolute atomic E-state index is 5.40. The molecule has 0 saturated heterocycles. The first-order valence-corrected chi connectivity index (χ1v) is 8.94. The van der Waals surface area contributed by atoms with Crippen LogP contribution in [0.4, 0.5) is 0 Å². The minimum absolute atomic E-state index is 0.0228. The van der Waals surface area contributed by atoms with E-state index < -0.39 is 0 Å². The fraction of sp³-hybridized carbons (Fsp3) is 0.800. The van der Waals surface area contributed by atoms with Crippen LogP contribution in [0.25, 0.3) is 0 Å². The molecule has 0 fully saturated rings. The highest BCUT2D eigenvalue weighted by Crippen LogP contribution is 2.08. The van der Waals surface area contributed by atoms with Gasteiger partial charge in [-0.2, -0.15) is 0 Å². The molecular formula is C5H14OSi3. The van der Waals surface area contributed by atoms with Crippen LogP contribution >= 0.6 is 0 Å². The monoisotopic (exact) mass is 174 g/mol. The summed E-state index contributed by atoms with van der Waals surface area (Å²) in [5.74, 6) is 0. The summed E-state index contributed by atoms with van der Waals surface area (Å²) >= 11 is 0. The predicted octanol–water partition coefficient (Wildman–Crippen LogP) is -1.07. The molecule has 0 amide bonds. The van der Waals surface area contributed by atoms with E-state index in [1.165, 1.54) is 18.9 Å². The first-order valence-electron chi connectivity index (χ1n) is 3.51. The SMILES string of the molecule is CC1=[Si]([SiH2]O[SiH3])CCC1. The Hall–Kier alpha value is 0.481. The van der Waals surface area contributed by atoms with Gasteiger partial charge in [-0.25, -0.2) is 0 Å². The van der Waals surface area contributed by atoms with Crippen LogP contribution in [0.3, 0.4) is 0 Å². The van der Waals surface area contributed by atoms with Crippen LogP contribution in [0.5, 0.6) is 0 Å². The quantitative estimate of drug-likeness (QED) is 0.484. The zero-order valence-corrected chi connectivity index (χ0v) is 10.7. The molecule has 4 heteroatoms. The van der Waals surface area contributed by atoms with E-state index in [0.717, 1.165) is 10.5 Å². The van der Waals surface area contributed by atoms with Crippen molar-refractivity contribution in [1.82, 2.24) is 0 Å². The van der Waals surface area contributed by atoms with Gasteiger partial charge in [-0.05, 0) is 25.8 Å². The second-order valence-corrected chi connectivity index (χ2v) is 11.3. The Morgan fingerprint density at radius 3 is 3.00 bits per heavy atom. The maximum Gasteiger partial charge on any atom is 0.151 e. The lowest BCUT2D eigenvalue weighted by Gasteiger charge is -1.97. The standard InChI is InChI=1S/C5H14OSi3/c1-5-3-2-4-9(5)8-6-7/h2-4,8H2,1,7H3. The summed E-state index contributed by atoms with van der Waals surface area (Å²) in [6.45, 7) is 2.34. The molecule has 0 spiro atoms. The van der Waals surface area contributed by atoms with Gasteiger partial charge in [0.2, 0.25) is 0 Å². The number of hydrogen-bond acceptors (Lipinski definition) is 1. The van der Waals surface area contributed by atoms with E-state index in [1.54, 1.807) is 0 Å². The van der Waals surface area contributed by atoms with E-state index in [9.17, 15) is 0 Å². The smallest absolute Gasteiger partial charge is 0.151 e. The Balaban J connectivity index is 2.45. The number of rotatable bonds is 2. The van der Waals surface area contributed by atoms with Gasteiger partial charge in [-0.1, -0.05) is 5.17 Å². The van der Waals surface area contributed by atoms with Gasteiger partial charge in [-0.15, -0.1) is 0 Å². The molecule has 52 valence electrons. The average molecular weight is 174 g/mol. The molecule has 0 N–H and O–H groups in total. The van der Waals surface area contributed by atoms with E-state index in [2.05, 4.69) is 6.92 Å². The van der Waals surface area contributed by atoms with Crippen LogP contribution in [0.2, 0.25) is 6.04 Å². The van der Waals surface area contributed by atoms with Gasteiger partial charge in [0, 0.05) is 7.93 Å². The van der Waals surface area contributed by atoms with Gasteiger partial charge in [0.15, 0.2) is 9.28 Å². The third kappa shape index (κ3) is 1.96. The Kier molecular flexibility index (Phi) is 3.03. The van der Waals surface area contributed by atoms with Crippen LogP contribution in [0.15, 0.2) is 0 Å². The zero-order valence-electron chi connectivity index (χ0n) is 6.24. The van der Waals surface area contributed by atoms with Crippen LogP contribution in [0, 0.1) is 0 Å². The van der Waals surface area contributed by atoms with Crippen molar-refractivity contribution in [2.75, 3.05) is 0 Å². The van der Waals surface area contributed by atoms with Crippen molar-refractivity contribution in [3.8, 4) is 0 Å². The molecule has 0 atom stereocenters. The summed E-state index contributed by atoms with van der Waals surface area (Å²) in [5.41, 5.74) is 0. The Morgan fingerprint density at radius 2 is 2.56 bits per heavy atom. The Labute approximate surface area is 63.3 Å². The molecule has 0 radical (unpaired) electrons. The molecule has 1 nitrogen and oxygen atoms in total. The molecule has 0 bridgehead atoms. The first-order chi connectivity index (χ1) is 4.34. The predicted molar refractivity (Wildman–Crippen MR) is 50.0 cm³/mol.